The Morgan fingerprint density at radius 2 is 1.82 bits per heavy atom. The van der Waals surface area contributed by atoms with Gasteiger partial charge in [-0.25, -0.2) is 0 Å². The van der Waals surface area contributed by atoms with Crippen LogP contribution in [-0.2, 0) is 10.1 Å². The summed E-state index contributed by atoms with van der Waals surface area (Å²) in [4.78, 5) is 8.12. The number of benzene rings is 2. The Labute approximate surface area is 169 Å². The lowest BCUT2D eigenvalue weighted by atomic mass is 10.1. The zero-order chi connectivity index (χ0) is 19.9. The lowest BCUT2D eigenvalue weighted by molar-refractivity contribution is 0.464. The lowest BCUT2D eigenvalue weighted by Crippen LogP contribution is -2.38. The van der Waals surface area contributed by atoms with Crippen LogP contribution in [0.1, 0.15) is 18.9 Å². The fourth-order valence-electron chi connectivity index (χ4n) is 3.55. The molecule has 1 aromatic heterocycles. The summed E-state index contributed by atoms with van der Waals surface area (Å²) in [5.74, 6) is 0. The normalized spacial score (nSPS) is 14.3. The minimum atomic E-state index is -4.28. The van der Waals surface area contributed by atoms with Crippen molar-refractivity contribution in [2.75, 3.05) is 4.90 Å². The smallest absolute Gasteiger partial charge is 0.286 e. The molecule has 0 saturated carbocycles. The summed E-state index contributed by atoms with van der Waals surface area (Å²) in [7, 11) is -4.28. The Morgan fingerprint density at radius 1 is 1.07 bits per heavy atom. The number of hydrogen-bond donors (Lipinski definition) is 1. The first-order valence-corrected chi connectivity index (χ1v) is 11.3. The molecular formula is C21H20N2O3S2. The topological polar surface area (TPSA) is 70.5 Å². The van der Waals surface area contributed by atoms with Gasteiger partial charge in [-0.1, -0.05) is 43.0 Å². The molecule has 1 aliphatic rings. The highest BCUT2D eigenvalue weighted by molar-refractivity contribution is 7.99. The third-order valence-corrected chi connectivity index (χ3v) is 7.19. The fourth-order valence-corrected chi connectivity index (χ4v) is 5.52. The number of fused-ring (bicyclic) bond motifs is 2. The summed E-state index contributed by atoms with van der Waals surface area (Å²) in [6, 6.07) is 17.5. The van der Waals surface area contributed by atoms with E-state index in [1.54, 1.807) is 29.8 Å². The predicted molar refractivity (Wildman–Crippen MR) is 113 cm³/mol. The van der Waals surface area contributed by atoms with Gasteiger partial charge in [-0.15, -0.1) is 0 Å². The Morgan fingerprint density at radius 3 is 2.54 bits per heavy atom. The van der Waals surface area contributed by atoms with Crippen molar-refractivity contribution < 1.29 is 13.0 Å². The van der Waals surface area contributed by atoms with E-state index in [9.17, 15) is 13.0 Å². The van der Waals surface area contributed by atoms with E-state index in [-0.39, 0.29) is 6.42 Å². The standard InChI is InChI=1S/C21H20N2O3S2/c1-3-20(28(24,25)26)23-16-8-4-5-9-18(16)27-19-11-10-15(13-17(19)23)21-14(2)7-6-12-22-21/h4-13,20H,3H2,1-2H3,(H,24,25,26). The second-order valence-corrected chi connectivity index (χ2v) is 9.33. The molecule has 5 nitrogen and oxygen atoms in total. The maximum absolute atomic E-state index is 12.2. The van der Waals surface area contributed by atoms with Crippen molar-refractivity contribution in [2.45, 2.75) is 35.4 Å². The summed E-state index contributed by atoms with van der Waals surface area (Å²) in [6.07, 6.45) is 2.00. The zero-order valence-corrected chi connectivity index (χ0v) is 17.2. The van der Waals surface area contributed by atoms with Gasteiger partial charge in [0.25, 0.3) is 10.1 Å². The summed E-state index contributed by atoms with van der Waals surface area (Å²) >= 11 is 1.59. The monoisotopic (exact) mass is 412 g/mol. The van der Waals surface area contributed by atoms with E-state index in [1.807, 2.05) is 61.5 Å². The molecule has 0 saturated heterocycles. The highest BCUT2D eigenvalue weighted by Crippen LogP contribution is 2.50. The number of aryl methyl sites for hydroxylation is 1. The lowest BCUT2D eigenvalue weighted by Gasteiger charge is -2.37. The number of anilines is 2. The molecule has 1 N–H and O–H groups in total. The molecule has 1 aliphatic heterocycles. The van der Waals surface area contributed by atoms with Crippen molar-refractivity contribution in [3.05, 3.63) is 66.4 Å². The second-order valence-electron chi connectivity index (χ2n) is 6.67. The van der Waals surface area contributed by atoms with Gasteiger partial charge in [0.1, 0.15) is 0 Å². The van der Waals surface area contributed by atoms with Crippen molar-refractivity contribution in [2.24, 2.45) is 0 Å². The molecule has 2 aromatic carbocycles. The molecule has 0 amide bonds. The maximum atomic E-state index is 12.2. The minimum Gasteiger partial charge on any atom is -0.320 e. The SMILES string of the molecule is CCC(N1c2ccccc2Sc2ccc(-c3ncccc3C)cc21)S(=O)(=O)O. The van der Waals surface area contributed by atoms with Crippen LogP contribution in [0.25, 0.3) is 11.3 Å². The molecule has 2 heterocycles. The van der Waals surface area contributed by atoms with Crippen LogP contribution in [0.4, 0.5) is 11.4 Å². The summed E-state index contributed by atoms with van der Waals surface area (Å²) < 4.78 is 34.3. The summed E-state index contributed by atoms with van der Waals surface area (Å²) in [5.41, 5.74) is 4.34. The van der Waals surface area contributed by atoms with Crippen molar-refractivity contribution in [3.8, 4) is 11.3 Å². The number of nitrogens with zero attached hydrogens (tertiary/aromatic N) is 2. The maximum Gasteiger partial charge on any atom is 0.286 e. The number of rotatable bonds is 4. The molecule has 3 aromatic rings. The van der Waals surface area contributed by atoms with Crippen LogP contribution in [0.15, 0.2) is 70.6 Å². The Kier molecular flexibility index (Phi) is 4.91. The van der Waals surface area contributed by atoms with Crippen LogP contribution in [0, 0.1) is 6.92 Å². The van der Waals surface area contributed by atoms with Gasteiger partial charge in [0.05, 0.1) is 17.1 Å². The first kappa shape index (κ1) is 19.0. The van der Waals surface area contributed by atoms with Crippen molar-refractivity contribution in [3.63, 3.8) is 0 Å². The van der Waals surface area contributed by atoms with E-state index in [0.717, 1.165) is 38.0 Å². The molecule has 28 heavy (non-hydrogen) atoms. The Bertz CT molecular complexity index is 1150. The van der Waals surface area contributed by atoms with Crippen molar-refractivity contribution in [1.82, 2.24) is 4.98 Å². The van der Waals surface area contributed by atoms with Gasteiger partial charge in [-0.05, 0) is 49.2 Å². The summed E-state index contributed by atoms with van der Waals surface area (Å²) in [5, 5.41) is -1.06. The van der Waals surface area contributed by atoms with Crippen LogP contribution >= 0.6 is 11.8 Å². The molecule has 1 unspecified atom stereocenters. The molecule has 1 atom stereocenters. The predicted octanol–water partition coefficient (Wildman–Crippen LogP) is 5.28. The van der Waals surface area contributed by atoms with Crippen molar-refractivity contribution in [1.29, 1.82) is 0 Å². The number of pyridine rings is 1. The average molecular weight is 413 g/mol. The molecule has 144 valence electrons. The third-order valence-electron chi connectivity index (χ3n) is 4.83. The summed E-state index contributed by atoms with van der Waals surface area (Å²) in [6.45, 7) is 3.76. The van der Waals surface area contributed by atoms with Gasteiger partial charge >= 0.3 is 0 Å². The molecule has 0 aliphatic carbocycles. The number of para-hydroxylation sites is 1. The highest BCUT2D eigenvalue weighted by atomic mass is 32.2. The van der Waals surface area contributed by atoms with Crippen LogP contribution in [-0.4, -0.2) is 23.3 Å². The molecule has 0 bridgehead atoms. The molecule has 0 radical (unpaired) electrons. The van der Waals surface area contributed by atoms with Gasteiger partial charge < -0.3 is 4.90 Å². The fraction of sp³-hybridized carbons (Fsp3) is 0.190. The highest BCUT2D eigenvalue weighted by Gasteiger charge is 2.35. The van der Waals surface area contributed by atoms with Crippen LogP contribution in [0.5, 0.6) is 0 Å². The van der Waals surface area contributed by atoms with Crippen molar-refractivity contribution >= 4 is 33.3 Å². The zero-order valence-electron chi connectivity index (χ0n) is 15.5. The van der Waals surface area contributed by atoms with Gasteiger partial charge in [-0.3, -0.25) is 9.54 Å². The van der Waals surface area contributed by atoms with E-state index >= 15 is 0 Å². The number of hydrogen-bond acceptors (Lipinski definition) is 5. The minimum absolute atomic E-state index is 0.254. The largest absolute Gasteiger partial charge is 0.320 e. The quantitative estimate of drug-likeness (QED) is 0.588. The third kappa shape index (κ3) is 3.30. The van der Waals surface area contributed by atoms with E-state index in [1.165, 1.54) is 0 Å². The van der Waals surface area contributed by atoms with Gasteiger partial charge in [0, 0.05) is 21.6 Å². The second kappa shape index (κ2) is 7.24. The molecule has 0 fully saturated rings. The average Bonchev–Trinajstić information content (AvgIpc) is 2.67. The van der Waals surface area contributed by atoms with E-state index in [4.69, 9.17) is 0 Å². The van der Waals surface area contributed by atoms with Gasteiger partial charge in [0.15, 0.2) is 5.37 Å². The van der Waals surface area contributed by atoms with E-state index in [0.29, 0.717) is 0 Å². The number of aromatic nitrogens is 1. The van der Waals surface area contributed by atoms with E-state index in [2.05, 4.69) is 4.98 Å². The Balaban J connectivity index is 1.94. The molecular weight excluding hydrogens is 392 g/mol. The van der Waals surface area contributed by atoms with E-state index < -0.39 is 15.5 Å². The first-order chi connectivity index (χ1) is 13.4. The van der Waals surface area contributed by atoms with Crippen LogP contribution < -0.4 is 4.90 Å². The van der Waals surface area contributed by atoms with Crippen LogP contribution in [0.3, 0.4) is 0 Å². The molecule has 7 heteroatoms. The molecule has 4 rings (SSSR count). The van der Waals surface area contributed by atoms with Crippen LogP contribution in [0.2, 0.25) is 0 Å². The van der Waals surface area contributed by atoms with Gasteiger partial charge in [-0.2, -0.15) is 8.42 Å². The van der Waals surface area contributed by atoms with Gasteiger partial charge in [0.2, 0.25) is 0 Å². The first-order valence-electron chi connectivity index (χ1n) is 8.98. The molecule has 0 spiro atoms. The Hall–Kier alpha value is -2.35.